The van der Waals surface area contributed by atoms with Gasteiger partial charge in [-0.2, -0.15) is 5.10 Å². The van der Waals surface area contributed by atoms with E-state index in [1.165, 1.54) is 12.5 Å². The number of aromatic amines is 1. The van der Waals surface area contributed by atoms with Crippen LogP contribution >= 0.6 is 0 Å². The van der Waals surface area contributed by atoms with Gasteiger partial charge in [0.2, 0.25) is 0 Å². The standard InChI is InChI=1S/C28H24N4O4/c1-28(2,35)21-11-7-18(8-12-21)16-32(27(34)20-15-29-36-17-20)22-13-9-19(10-14-22)25-23-5-3-4-6-24(23)26(33)31-30-25/h3-15,17,35H,16H2,1-2H3,(H,31,33). The van der Waals surface area contributed by atoms with Crippen molar-refractivity contribution in [2.24, 2.45) is 0 Å². The molecule has 8 nitrogen and oxygen atoms in total. The van der Waals surface area contributed by atoms with Gasteiger partial charge in [-0.3, -0.25) is 9.59 Å². The first-order valence-electron chi connectivity index (χ1n) is 11.4. The Bertz CT molecular complexity index is 1570. The number of aromatic nitrogens is 3. The van der Waals surface area contributed by atoms with Gasteiger partial charge in [0.1, 0.15) is 6.26 Å². The third-order valence-corrected chi connectivity index (χ3v) is 6.07. The van der Waals surface area contributed by atoms with Gasteiger partial charge < -0.3 is 14.5 Å². The number of benzene rings is 3. The minimum Gasteiger partial charge on any atom is -0.386 e. The van der Waals surface area contributed by atoms with E-state index < -0.39 is 5.60 Å². The van der Waals surface area contributed by atoms with Crippen LogP contribution in [0.4, 0.5) is 5.69 Å². The van der Waals surface area contributed by atoms with Crippen molar-refractivity contribution in [3.8, 4) is 11.3 Å². The Morgan fingerprint density at radius 2 is 1.69 bits per heavy atom. The van der Waals surface area contributed by atoms with Crippen LogP contribution in [0.1, 0.15) is 35.3 Å². The molecule has 36 heavy (non-hydrogen) atoms. The fraction of sp³-hybridized carbons (Fsp3) is 0.143. The van der Waals surface area contributed by atoms with Crippen LogP contribution in [0.25, 0.3) is 22.0 Å². The van der Waals surface area contributed by atoms with Crippen LogP contribution in [0.15, 0.2) is 94.6 Å². The largest absolute Gasteiger partial charge is 0.386 e. The van der Waals surface area contributed by atoms with Gasteiger partial charge in [-0.1, -0.05) is 59.8 Å². The number of fused-ring (bicyclic) bond motifs is 1. The minimum atomic E-state index is -0.952. The first-order valence-corrected chi connectivity index (χ1v) is 11.4. The van der Waals surface area contributed by atoms with Crippen LogP contribution in [-0.4, -0.2) is 26.4 Å². The van der Waals surface area contributed by atoms with E-state index in [4.69, 9.17) is 4.52 Å². The average molecular weight is 481 g/mol. The van der Waals surface area contributed by atoms with Gasteiger partial charge in [-0.25, -0.2) is 5.10 Å². The van der Waals surface area contributed by atoms with Gasteiger partial charge in [0, 0.05) is 16.6 Å². The third-order valence-electron chi connectivity index (χ3n) is 6.07. The van der Waals surface area contributed by atoms with Gasteiger partial charge in [0.15, 0.2) is 0 Å². The molecule has 5 rings (SSSR count). The van der Waals surface area contributed by atoms with Crippen LogP contribution < -0.4 is 10.5 Å². The normalized spacial score (nSPS) is 11.5. The molecule has 2 N–H and O–H groups in total. The minimum absolute atomic E-state index is 0.243. The SMILES string of the molecule is CC(C)(O)c1ccc(CN(C(=O)c2cnoc2)c2ccc(-c3n[nH]c(=O)c4ccccc34)cc2)cc1. The number of H-pyrrole nitrogens is 1. The second-order valence-corrected chi connectivity index (χ2v) is 9.05. The third kappa shape index (κ3) is 4.54. The number of aliphatic hydroxyl groups is 1. The van der Waals surface area contributed by atoms with E-state index in [0.717, 1.165) is 22.1 Å². The monoisotopic (exact) mass is 480 g/mol. The molecule has 2 aromatic heterocycles. The van der Waals surface area contributed by atoms with Crippen molar-refractivity contribution in [1.29, 1.82) is 0 Å². The Labute approximate surface area is 206 Å². The number of nitrogens with one attached hydrogen (secondary N) is 1. The van der Waals surface area contributed by atoms with E-state index in [1.54, 1.807) is 24.8 Å². The maximum Gasteiger partial charge on any atom is 0.272 e. The average Bonchev–Trinajstić information content (AvgIpc) is 3.43. The van der Waals surface area contributed by atoms with Crippen molar-refractivity contribution in [1.82, 2.24) is 15.4 Å². The van der Waals surface area contributed by atoms with Crippen molar-refractivity contribution in [3.05, 3.63) is 112 Å². The van der Waals surface area contributed by atoms with Crippen molar-refractivity contribution in [3.63, 3.8) is 0 Å². The highest BCUT2D eigenvalue weighted by Gasteiger charge is 2.21. The summed E-state index contributed by atoms with van der Waals surface area (Å²) in [6, 6.07) is 22.2. The molecule has 0 saturated heterocycles. The molecule has 0 atom stereocenters. The molecular formula is C28H24N4O4. The molecule has 8 heteroatoms. The number of rotatable bonds is 6. The Morgan fingerprint density at radius 3 is 2.33 bits per heavy atom. The summed E-state index contributed by atoms with van der Waals surface area (Å²) in [5.74, 6) is -0.261. The van der Waals surface area contributed by atoms with Crippen molar-refractivity contribution >= 4 is 22.4 Å². The lowest BCUT2D eigenvalue weighted by Gasteiger charge is -2.23. The van der Waals surface area contributed by atoms with Crippen molar-refractivity contribution in [2.45, 2.75) is 26.0 Å². The molecule has 0 saturated carbocycles. The molecule has 0 aliphatic rings. The lowest BCUT2D eigenvalue weighted by molar-refractivity contribution is 0.0785. The molecule has 0 aliphatic carbocycles. The molecule has 0 fully saturated rings. The Kier molecular flexibility index (Phi) is 5.95. The van der Waals surface area contributed by atoms with E-state index in [2.05, 4.69) is 15.4 Å². The molecule has 0 radical (unpaired) electrons. The maximum absolute atomic E-state index is 13.3. The number of nitrogens with zero attached hydrogens (tertiary/aromatic N) is 3. The highest BCUT2D eigenvalue weighted by molar-refractivity contribution is 6.05. The smallest absolute Gasteiger partial charge is 0.272 e. The zero-order valence-electron chi connectivity index (χ0n) is 19.8. The summed E-state index contributed by atoms with van der Waals surface area (Å²) < 4.78 is 4.89. The van der Waals surface area contributed by atoms with Crippen molar-refractivity contribution in [2.75, 3.05) is 4.90 Å². The summed E-state index contributed by atoms with van der Waals surface area (Å²) >= 11 is 0. The number of carbonyl (C=O) groups is 1. The summed E-state index contributed by atoms with van der Waals surface area (Å²) in [5.41, 5.74) is 2.94. The number of hydrogen-bond donors (Lipinski definition) is 2. The van der Waals surface area contributed by atoms with E-state index in [1.807, 2.05) is 66.7 Å². The molecule has 180 valence electrons. The van der Waals surface area contributed by atoms with E-state index in [9.17, 15) is 14.7 Å². The van der Waals surface area contributed by atoms with Gasteiger partial charge in [-0.05, 0) is 43.2 Å². The van der Waals surface area contributed by atoms with Crippen LogP contribution in [0, 0.1) is 0 Å². The molecule has 5 aromatic rings. The van der Waals surface area contributed by atoms with Crippen LogP contribution in [0.2, 0.25) is 0 Å². The molecule has 2 heterocycles. The predicted octanol–water partition coefficient (Wildman–Crippen LogP) is 4.65. The molecule has 0 spiro atoms. The predicted molar refractivity (Wildman–Crippen MR) is 137 cm³/mol. The zero-order valence-corrected chi connectivity index (χ0v) is 19.8. The lowest BCUT2D eigenvalue weighted by Crippen LogP contribution is -2.30. The summed E-state index contributed by atoms with van der Waals surface area (Å²) in [6.45, 7) is 3.76. The number of hydrogen-bond acceptors (Lipinski definition) is 6. The Morgan fingerprint density at radius 1 is 1.00 bits per heavy atom. The first-order chi connectivity index (χ1) is 17.3. The summed E-state index contributed by atoms with van der Waals surface area (Å²) in [6.07, 6.45) is 2.70. The first kappa shape index (κ1) is 23.2. The molecule has 0 bridgehead atoms. The van der Waals surface area contributed by atoms with Gasteiger partial charge >= 0.3 is 0 Å². The molecule has 0 aliphatic heterocycles. The molecule has 0 unspecified atom stereocenters. The second-order valence-electron chi connectivity index (χ2n) is 9.05. The van der Waals surface area contributed by atoms with Crippen LogP contribution in [-0.2, 0) is 12.1 Å². The quantitative estimate of drug-likeness (QED) is 0.366. The molecule has 3 aromatic carbocycles. The number of amides is 1. The molecular weight excluding hydrogens is 456 g/mol. The topological polar surface area (TPSA) is 112 Å². The van der Waals surface area contributed by atoms with Gasteiger partial charge in [0.05, 0.1) is 35.0 Å². The van der Waals surface area contributed by atoms with Crippen molar-refractivity contribution < 1.29 is 14.4 Å². The molecule has 1 amide bonds. The number of anilines is 1. The lowest BCUT2D eigenvalue weighted by atomic mass is 9.97. The second kappa shape index (κ2) is 9.24. The fourth-order valence-corrected chi connectivity index (χ4v) is 4.08. The Hall–Kier alpha value is -4.56. The zero-order chi connectivity index (χ0) is 25.3. The van der Waals surface area contributed by atoms with Crippen LogP contribution in [0.5, 0.6) is 0 Å². The van der Waals surface area contributed by atoms with Gasteiger partial charge in [-0.15, -0.1) is 0 Å². The summed E-state index contributed by atoms with van der Waals surface area (Å²) in [7, 11) is 0. The number of carbonyl (C=O) groups excluding carboxylic acids is 1. The highest BCUT2D eigenvalue weighted by atomic mass is 16.5. The Balaban J connectivity index is 1.50. The van der Waals surface area contributed by atoms with E-state index in [-0.39, 0.29) is 11.5 Å². The van der Waals surface area contributed by atoms with Gasteiger partial charge in [0.25, 0.3) is 11.5 Å². The van der Waals surface area contributed by atoms with Crippen LogP contribution in [0.3, 0.4) is 0 Å². The van der Waals surface area contributed by atoms with E-state index in [0.29, 0.717) is 28.9 Å². The maximum atomic E-state index is 13.3. The summed E-state index contributed by atoms with van der Waals surface area (Å²) in [5, 5.41) is 22.0. The highest BCUT2D eigenvalue weighted by Crippen LogP contribution is 2.28. The van der Waals surface area contributed by atoms with E-state index >= 15 is 0 Å². The fourth-order valence-electron chi connectivity index (χ4n) is 4.08. The summed E-state index contributed by atoms with van der Waals surface area (Å²) in [4.78, 5) is 27.1.